The van der Waals surface area contributed by atoms with E-state index in [1.54, 1.807) is 0 Å². The molecule has 0 saturated heterocycles. The summed E-state index contributed by atoms with van der Waals surface area (Å²) in [6.07, 6.45) is 9.31. The summed E-state index contributed by atoms with van der Waals surface area (Å²) in [5.41, 5.74) is 0. The molecule has 60 valence electrons. The van der Waals surface area contributed by atoms with E-state index in [9.17, 15) is 0 Å². The van der Waals surface area contributed by atoms with E-state index < -0.39 is 0 Å². The minimum absolute atomic E-state index is 1.28. The van der Waals surface area contributed by atoms with Crippen LogP contribution in [0.15, 0.2) is 36.5 Å². The van der Waals surface area contributed by atoms with Crippen molar-refractivity contribution in [3.8, 4) is 0 Å². The molecular formula is C8H10O2S. The van der Waals surface area contributed by atoms with Gasteiger partial charge in [0.05, 0.1) is 0 Å². The van der Waals surface area contributed by atoms with Gasteiger partial charge in [-0.2, -0.15) is 0 Å². The van der Waals surface area contributed by atoms with Crippen LogP contribution in [-0.2, 0) is 9.47 Å². The smallest absolute Gasteiger partial charge is 0.125 e. The van der Waals surface area contributed by atoms with Crippen LogP contribution in [-0.4, -0.2) is 5.75 Å². The zero-order valence-corrected chi connectivity index (χ0v) is 6.92. The van der Waals surface area contributed by atoms with Crippen molar-refractivity contribution >= 4 is 11.8 Å². The summed E-state index contributed by atoms with van der Waals surface area (Å²) in [5.74, 6) is 1.31. The molecule has 2 heterocycles. The van der Waals surface area contributed by atoms with Gasteiger partial charge in [-0.3, -0.25) is 0 Å². The highest BCUT2D eigenvalue weighted by Gasteiger charge is 1.85. The average molecular weight is 170 g/mol. The summed E-state index contributed by atoms with van der Waals surface area (Å²) in [6.45, 7) is 0. The van der Waals surface area contributed by atoms with Gasteiger partial charge in [-0.1, -0.05) is 6.08 Å². The Morgan fingerprint density at radius 1 is 1.00 bits per heavy atom. The second-order valence-corrected chi connectivity index (χ2v) is 2.86. The van der Waals surface area contributed by atoms with E-state index in [-0.39, 0.29) is 0 Å². The first-order valence-corrected chi connectivity index (χ1v) is 4.42. The molecule has 2 rings (SSSR count). The van der Waals surface area contributed by atoms with Gasteiger partial charge in [0.25, 0.3) is 0 Å². The molecule has 0 radical (unpaired) electrons. The van der Waals surface area contributed by atoms with E-state index in [1.165, 1.54) is 37.2 Å². The molecule has 0 spiro atoms. The van der Waals surface area contributed by atoms with Crippen LogP contribution in [0.3, 0.4) is 0 Å². The van der Waals surface area contributed by atoms with E-state index in [2.05, 4.69) is 21.0 Å². The first kappa shape index (κ1) is 8.27. The van der Waals surface area contributed by atoms with E-state index in [0.29, 0.717) is 0 Å². The standard InChI is InChI=1S/C4H4O2.C4H6S/c1-2-6-4-3-5-1;1-2-4-5-3-1/h1-4H;1,3H,2,4H2. The fourth-order valence-electron chi connectivity index (χ4n) is 0.559. The number of ether oxygens (including phenoxy) is 2. The molecule has 0 aromatic rings. The van der Waals surface area contributed by atoms with Crippen molar-refractivity contribution in [3.05, 3.63) is 36.5 Å². The Morgan fingerprint density at radius 3 is 1.82 bits per heavy atom. The van der Waals surface area contributed by atoms with Crippen molar-refractivity contribution in [2.24, 2.45) is 0 Å². The lowest BCUT2D eigenvalue weighted by atomic mass is 10.5. The van der Waals surface area contributed by atoms with Crippen LogP contribution < -0.4 is 0 Å². The third-order valence-corrected chi connectivity index (χ3v) is 1.88. The number of allylic oxidation sites excluding steroid dienone is 1. The monoisotopic (exact) mass is 170 g/mol. The SMILES string of the molecule is C1=COC=CO1.C1=CSCC1. The Bertz CT molecular complexity index is 147. The zero-order chi connectivity index (χ0) is 7.78. The summed E-state index contributed by atoms with van der Waals surface area (Å²) in [4.78, 5) is 0. The molecule has 11 heavy (non-hydrogen) atoms. The summed E-state index contributed by atoms with van der Waals surface area (Å²) in [7, 11) is 0. The van der Waals surface area contributed by atoms with E-state index in [4.69, 9.17) is 0 Å². The Balaban J connectivity index is 0.000000112. The first-order chi connectivity index (χ1) is 5.50. The molecule has 0 fully saturated rings. The molecule has 0 N–H and O–H groups in total. The van der Waals surface area contributed by atoms with Gasteiger partial charge < -0.3 is 9.47 Å². The molecule has 0 amide bonds. The highest BCUT2D eigenvalue weighted by Crippen LogP contribution is 2.11. The van der Waals surface area contributed by atoms with Gasteiger partial charge in [-0.15, -0.1) is 11.8 Å². The van der Waals surface area contributed by atoms with Crippen molar-refractivity contribution in [1.82, 2.24) is 0 Å². The van der Waals surface area contributed by atoms with Crippen molar-refractivity contribution < 1.29 is 9.47 Å². The van der Waals surface area contributed by atoms with Crippen LogP contribution in [0, 0.1) is 0 Å². The van der Waals surface area contributed by atoms with Gasteiger partial charge >= 0.3 is 0 Å². The lowest BCUT2D eigenvalue weighted by Gasteiger charge is -1.94. The van der Waals surface area contributed by atoms with Crippen molar-refractivity contribution in [2.45, 2.75) is 6.42 Å². The van der Waals surface area contributed by atoms with E-state index in [0.717, 1.165) is 0 Å². The molecule has 0 unspecified atom stereocenters. The molecule has 2 aliphatic heterocycles. The quantitative estimate of drug-likeness (QED) is 0.556. The average Bonchev–Trinajstić information content (AvgIpc) is 2.64. The predicted octanol–water partition coefficient (Wildman–Crippen LogP) is 2.61. The van der Waals surface area contributed by atoms with Crippen LogP contribution in [0.25, 0.3) is 0 Å². The lowest BCUT2D eigenvalue weighted by molar-refractivity contribution is 0.290. The van der Waals surface area contributed by atoms with E-state index >= 15 is 0 Å². The summed E-state index contributed by atoms with van der Waals surface area (Å²) in [5, 5.41) is 2.15. The highest BCUT2D eigenvalue weighted by molar-refractivity contribution is 8.02. The predicted molar refractivity (Wildman–Crippen MR) is 46.7 cm³/mol. The summed E-state index contributed by atoms with van der Waals surface area (Å²) >= 11 is 1.89. The minimum Gasteiger partial charge on any atom is -0.466 e. The molecule has 2 nitrogen and oxygen atoms in total. The Labute approximate surface area is 70.6 Å². The van der Waals surface area contributed by atoms with Crippen molar-refractivity contribution in [2.75, 3.05) is 5.75 Å². The van der Waals surface area contributed by atoms with Crippen LogP contribution in [0.5, 0.6) is 0 Å². The van der Waals surface area contributed by atoms with Gasteiger partial charge in [-0.05, 0) is 11.8 Å². The minimum atomic E-state index is 1.28. The maximum atomic E-state index is 4.58. The molecule has 3 heteroatoms. The number of thioether (sulfide) groups is 1. The summed E-state index contributed by atoms with van der Waals surface area (Å²) < 4.78 is 9.17. The Hall–Kier alpha value is -0.830. The highest BCUT2D eigenvalue weighted by atomic mass is 32.2. The molecule has 0 atom stereocenters. The number of rotatable bonds is 0. The molecule has 0 aromatic carbocycles. The van der Waals surface area contributed by atoms with Crippen molar-refractivity contribution in [3.63, 3.8) is 0 Å². The third kappa shape index (κ3) is 4.56. The molecular weight excluding hydrogens is 160 g/mol. The van der Waals surface area contributed by atoms with Crippen LogP contribution in [0.4, 0.5) is 0 Å². The van der Waals surface area contributed by atoms with Gasteiger partial charge in [0.2, 0.25) is 0 Å². The van der Waals surface area contributed by atoms with Gasteiger partial charge in [0, 0.05) is 5.75 Å². The zero-order valence-electron chi connectivity index (χ0n) is 6.10. The summed E-state index contributed by atoms with van der Waals surface area (Å²) in [6, 6.07) is 0. The second-order valence-electron chi connectivity index (χ2n) is 1.85. The maximum absolute atomic E-state index is 4.58. The van der Waals surface area contributed by atoms with Crippen LogP contribution in [0.2, 0.25) is 0 Å². The maximum Gasteiger partial charge on any atom is 0.125 e. The van der Waals surface area contributed by atoms with Gasteiger partial charge in [0.1, 0.15) is 25.0 Å². The van der Waals surface area contributed by atoms with Gasteiger partial charge in [0.15, 0.2) is 0 Å². The number of hydrogen-bond acceptors (Lipinski definition) is 3. The number of hydrogen-bond donors (Lipinski definition) is 0. The molecule has 0 saturated carbocycles. The fourth-order valence-corrected chi connectivity index (χ4v) is 1.24. The van der Waals surface area contributed by atoms with E-state index in [1.807, 2.05) is 11.8 Å². The molecule has 0 aromatic heterocycles. The molecule has 2 aliphatic rings. The topological polar surface area (TPSA) is 18.5 Å². The Kier molecular flexibility index (Phi) is 4.45. The molecule has 0 aliphatic carbocycles. The third-order valence-electron chi connectivity index (χ3n) is 1.02. The molecule has 0 bridgehead atoms. The first-order valence-electron chi connectivity index (χ1n) is 3.38. The van der Waals surface area contributed by atoms with Crippen molar-refractivity contribution in [1.29, 1.82) is 0 Å². The Morgan fingerprint density at radius 2 is 1.64 bits per heavy atom. The lowest BCUT2D eigenvalue weighted by Crippen LogP contribution is -1.74. The normalized spacial score (nSPS) is 18.2. The fraction of sp³-hybridized carbons (Fsp3) is 0.250. The second kappa shape index (κ2) is 5.92. The van der Waals surface area contributed by atoms with Gasteiger partial charge in [-0.25, -0.2) is 0 Å². The van der Waals surface area contributed by atoms with Crippen LogP contribution >= 0.6 is 11.8 Å². The largest absolute Gasteiger partial charge is 0.466 e. The van der Waals surface area contributed by atoms with Crippen LogP contribution in [0.1, 0.15) is 6.42 Å².